The average molecular weight is 240 g/mol. The van der Waals surface area contributed by atoms with E-state index >= 15 is 0 Å². The highest BCUT2D eigenvalue weighted by Crippen LogP contribution is 2.23. The van der Waals surface area contributed by atoms with Crippen LogP contribution in [0.3, 0.4) is 0 Å². The highest BCUT2D eigenvalue weighted by molar-refractivity contribution is 6.28. The van der Waals surface area contributed by atoms with Crippen molar-refractivity contribution >= 4 is 11.6 Å². The Balaban J connectivity index is 2.11. The predicted octanol–water partition coefficient (Wildman–Crippen LogP) is 3.42. The van der Waals surface area contributed by atoms with Gasteiger partial charge in [-0.2, -0.15) is 0 Å². The number of nitrogens with one attached hydrogen (secondary N) is 1. The smallest absolute Gasteiger partial charge is 0.193 e. The van der Waals surface area contributed by atoms with Gasteiger partial charge in [0.25, 0.3) is 0 Å². The van der Waals surface area contributed by atoms with Gasteiger partial charge in [0, 0.05) is 0 Å². The van der Waals surface area contributed by atoms with E-state index in [0.29, 0.717) is 5.22 Å². The van der Waals surface area contributed by atoms with Crippen molar-refractivity contribution in [1.29, 1.82) is 0 Å². The van der Waals surface area contributed by atoms with Crippen LogP contribution in [0.15, 0.2) is 39.6 Å². The molecule has 0 saturated heterocycles. The third kappa shape index (κ3) is 2.68. The molecule has 1 atom stereocenters. The molecule has 2 heterocycles. The third-order valence-electron chi connectivity index (χ3n) is 2.41. The highest BCUT2D eigenvalue weighted by atomic mass is 35.5. The predicted molar refractivity (Wildman–Crippen MR) is 62.5 cm³/mol. The molecule has 3 nitrogen and oxygen atoms in total. The van der Waals surface area contributed by atoms with Crippen molar-refractivity contribution in [2.75, 3.05) is 6.54 Å². The van der Waals surface area contributed by atoms with Gasteiger partial charge in [0.1, 0.15) is 5.76 Å². The first-order valence-corrected chi connectivity index (χ1v) is 5.67. The van der Waals surface area contributed by atoms with Crippen LogP contribution in [0.1, 0.15) is 24.3 Å². The van der Waals surface area contributed by atoms with E-state index in [4.69, 9.17) is 20.4 Å². The van der Waals surface area contributed by atoms with Crippen molar-refractivity contribution in [3.05, 3.63) is 47.3 Å². The second-order valence-corrected chi connectivity index (χ2v) is 3.96. The Morgan fingerprint density at radius 2 is 2.25 bits per heavy atom. The Morgan fingerprint density at radius 1 is 1.38 bits per heavy atom. The monoisotopic (exact) mass is 239 g/mol. The maximum absolute atomic E-state index is 5.77. The number of hydrogen-bond acceptors (Lipinski definition) is 3. The molecule has 2 aromatic heterocycles. The van der Waals surface area contributed by atoms with Crippen LogP contribution < -0.4 is 5.32 Å². The van der Waals surface area contributed by atoms with Gasteiger partial charge in [-0.05, 0) is 48.3 Å². The zero-order valence-electron chi connectivity index (χ0n) is 9.07. The molecule has 1 N–H and O–H groups in total. The first-order chi connectivity index (χ1) is 7.79. The summed E-state index contributed by atoms with van der Waals surface area (Å²) in [7, 11) is 0. The largest absolute Gasteiger partial charge is 0.472 e. The quantitative estimate of drug-likeness (QED) is 0.869. The summed E-state index contributed by atoms with van der Waals surface area (Å²) in [5.74, 6) is 0.855. The summed E-state index contributed by atoms with van der Waals surface area (Å²) in [6, 6.07) is 5.75. The molecule has 0 aliphatic heterocycles. The summed E-state index contributed by atoms with van der Waals surface area (Å²) >= 11 is 5.77. The van der Waals surface area contributed by atoms with Gasteiger partial charge in [-0.3, -0.25) is 0 Å². The molecule has 0 radical (unpaired) electrons. The fourth-order valence-electron chi connectivity index (χ4n) is 1.68. The first-order valence-electron chi connectivity index (χ1n) is 5.29. The van der Waals surface area contributed by atoms with Gasteiger partial charge in [-0.25, -0.2) is 0 Å². The molecule has 0 amide bonds. The summed E-state index contributed by atoms with van der Waals surface area (Å²) in [4.78, 5) is 0. The molecule has 4 heteroatoms. The fraction of sp³-hybridized carbons (Fsp3) is 0.333. The number of halogens is 1. The summed E-state index contributed by atoms with van der Waals surface area (Å²) < 4.78 is 10.5. The molecule has 0 spiro atoms. The molecule has 0 aliphatic rings. The minimum Gasteiger partial charge on any atom is -0.472 e. The molecule has 0 bridgehead atoms. The van der Waals surface area contributed by atoms with Crippen molar-refractivity contribution in [2.24, 2.45) is 0 Å². The summed E-state index contributed by atoms with van der Waals surface area (Å²) in [6.45, 7) is 2.94. The van der Waals surface area contributed by atoms with Crippen LogP contribution in [0, 0.1) is 0 Å². The topological polar surface area (TPSA) is 38.3 Å². The minimum absolute atomic E-state index is 0.134. The second kappa shape index (κ2) is 5.23. The molecule has 16 heavy (non-hydrogen) atoms. The van der Waals surface area contributed by atoms with Gasteiger partial charge >= 0.3 is 0 Å². The molecule has 0 aliphatic carbocycles. The number of furan rings is 2. The lowest BCUT2D eigenvalue weighted by molar-refractivity contribution is 0.416. The zero-order chi connectivity index (χ0) is 11.4. The van der Waals surface area contributed by atoms with Gasteiger partial charge in [0.05, 0.1) is 18.6 Å². The summed E-state index contributed by atoms with van der Waals surface area (Å²) in [5, 5.41) is 3.78. The van der Waals surface area contributed by atoms with Crippen molar-refractivity contribution in [2.45, 2.75) is 19.4 Å². The van der Waals surface area contributed by atoms with Crippen LogP contribution in [0.5, 0.6) is 0 Å². The Morgan fingerprint density at radius 3 is 2.81 bits per heavy atom. The number of rotatable bonds is 5. The van der Waals surface area contributed by atoms with E-state index in [1.54, 1.807) is 18.6 Å². The summed E-state index contributed by atoms with van der Waals surface area (Å²) in [5.41, 5.74) is 1.14. The first kappa shape index (κ1) is 11.3. The molecule has 0 fully saturated rings. The Labute approximate surface area is 99.4 Å². The standard InChI is InChI=1S/C12H14ClNO2/c1-2-14-10(7-9-5-6-15-8-9)11-3-4-12(13)16-11/h3-6,8,10,14H,2,7H2,1H3. The lowest BCUT2D eigenvalue weighted by Crippen LogP contribution is -2.22. The van der Waals surface area contributed by atoms with E-state index in [1.165, 1.54) is 0 Å². The SMILES string of the molecule is CCNC(Cc1ccoc1)c1ccc(Cl)o1. The van der Waals surface area contributed by atoms with Gasteiger partial charge in [0.15, 0.2) is 5.22 Å². The normalized spacial score (nSPS) is 12.9. The fourth-order valence-corrected chi connectivity index (χ4v) is 1.83. The van der Waals surface area contributed by atoms with Crippen LogP contribution in [0.4, 0.5) is 0 Å². The van der Waals surface area contributed by atoms with Crippen LogP contribution in [0.25, 0.3) is 0 Å². The maximum atomic E-state index is 5.77. The van der Waals surface area contributed by atoms with E-state index in [0.717, 1.165) is 24.3 Å². The molecule has 0 saturated carbocycles. The number of likely N-dealkylation sites (N-methyl/N-ethyl adjacent to an activating group) is 1. The van der Waals surface area contributed by atoms with Gasteiger partial charge in [-0.15, -0.1) is 0 Å². The second-order valence-electron chi connectivity index (χ2n) is 3.59. The number of hydrogen-bond donors (Lipinski definition) is 1. The van der Waals surface area contributed by atoms with Gasteiger partial charge < -0.3 is 14.2 Å². The van der Waals surface area contributed by atoms with E-state index in [1.807, 2.05) is 12.1 Å². The molecule has 2 aromatic rings. The molecular formula is C12H14ClNO2. The average Bonchev–Trinajstić information content (AvgIpc) is 2.88. The van der Waals surface area contributed by atoms with E-state index in [9.17, 15) is 0 Å². The van der Waals surface area contributed by atoms with Crippen LogP contribution >= 0.6 is 11.6 Å². The van der Waals surface area contributed by atoms with Crippen molar-refractivity contribution in [3.63, 3.8) is 0 Å². The highest BCUT2D eigenvalue weighted by Gasteiger charge is 2.15. The van der Waals surface area contributed by atoms with E-state index in [-0.39, 0.29) is 6.04 Å². The van der Waals surface area contributed by atoms with Crippen molar-refractivity contribution in [3.8, 4) is 0 Å². The van der Waals surface area contributed by atoms with Crippen molar-refractivity contribution in [1.82, 2.24) is 5.32 Å². The Hall–Kier alpha value is -1.19. The Kier molecular flexibility index (Phi) is 3.70. The lowest BCUT2D eigenvalue weighted by atomic mass is 10.1. The van der Waals surface area contributed by atoms with Gasteiger partial charge in [0.2, 0.25) is 0 Å². The third-order valence-corrected chi connectivity index (χ3v) is 2.61. The molecule has 0 aromatic carbocycles. The molecule has 86 valence electrons. The van der Waals surface area contributed by atoms with Gasteiger partial charge in [-0.1, -0.05) is 6.92 Å². The zero-order valence-corrected chi connectivity index (χ0v) is 9.83. The molecular weight excluding hydrogens is 226 g/mol. The van der Waals surface area contributed by atoms with Crippen molar-refractivity contribution < 1.29 is 8.83 Å². The van der Waals surface area contributed by atoms with Crippen LogP contribution in [-0.4, -0.2) is 6.54 Å². The van der Waals surface area contributed by atoms with E-state index in [2.05, 4.69) is 12.2 Å². The minimum atomic E-state index is 0.134. The van der Waals surface area contributed by atoms with E-state index < -0.39 is 0 Å². The molecule has 2 rings (SSSR count). The Bertz CT molecular complexity index is 422. The van der Waals surface area contributed by atoms with Crippen LogP contribution in [-0.2, 0) is 6.42 Å². The lowest BCUT2D eigenvalue weighted by Gasteiger charge is -2.14. The van der Waals surface area contributed by atoms with Crippen LogP contribution in [0.2, 0.25) is 5.22 Å². The molecule has 1 unspecified atom stereocenters. The summed E-state index contributed by atoms with van der Waals surface area (Å²) in [6.07, 6.45) is 4.25. The maximum Gasteiger partial charge on any atom is 0.193 e.